The van der Waals surface area contributed by atoms with Crippen molar-refractivity contribution in [2.45, 2.75) is 4.90 Å². The molecule has 0 atom stereocenters. The first kappa shape index (κ1) is 20.0. The van der Waals surface area contributed by atoms with Crippen LogP contribution in [0.3, 0.4) is 0 Å². The van der Waals surface area contributed by atoms with E-state index in [1.807, 2.05) is 0 Å². The largest absolute Gasteiger partial charge is 0.452 e. The topological polar surface area (TPSA) is 106 Å². The van der Waals surface area contributed by atoms with E-state index in [9.17, 15) is 18.0 Å². The number of rotatable bonds is 6. The SMILES string of the molecule is CN(C)S(=O)(=O)c1cccc(NC(=O)COC(=O)c2cncc(Br)c2)c1. The number of carbonyl (C=O) groups excluding carboxylic acids is 2. The molecule has 1 aromatic carbocycles. The maximum Gasteiger partial charge on any atom is 0.340 e. The number of halogens is 1. The van der Waals surface area contributed by atoms with Gasteiger partial charge in [-0.2, -0.15) is 0 Å². The van der Waals surface area contributed by atoms with Gasteiger partial charge in [-0.05, 0) is 40.2 Å². The van der Waals surface area contributed by atoms with Crippen LogP contribution in [0.4, 0.5) is 5.69 Å². The van der Waals surface area contributed by atoms with Gasteiger partial charge in [-0.25, -0.2) is 17.5 Å². The summed E-state index contributed by atoms with van der Waals surface area (Å²) in [5, 5.41) is 2.49. The number of nitrogens with one attached hydrogen (secondary N) is 1. The second-order valence-electron chi connectivity index (χ2n) is 5.33. The molecule has 0 aliphatic carbocycles. The zero-order valence-corrected chi connectivity index (χ0v) is 16.4. The second kappa shape index (κ2) is 8.39. The molecule has 0 spiro atoms. The van der Waals surface area contributed by atoms with Gasteiger partial charge in [0, 0.05) is 36.6 Å². The van der Waals surface area contributed by atoms with Crippen molar-refractivity contribution in [3.63, 3.8) is 0 Å². The summed E-state index contributed by atoms with van der Waals surface area (Å²) in [7, 11) is -0.789. The van der Waals surface area contributed by atoms with Crippen LogP contribution in [0.1, 0.15) is 10.4 Å². The molecule has 26 heavy (non-hydrogen) atoms. The molecular formula is C16H16BrN3O5S. The number of sulfonamides is 1. The average Bonchev–Trinajstić information content (AvgIpc) is 2.59. The third-order valence-corrected chi connectivity index (χ3v) is 5.42. The lowest BCUT2D eigenvalue weighted by Crippen LogP contribution is -2.23. The van der Waals surface area contributed by atoms with Crippen LogP contribution < -0.4 is 5.32 Å². The van der Waals surface area contributed by atoms with E-state index in [1.54, 1.807) is 0 Å². The van der Waals surface area contributed by atoms with Crippen LogP contribution in [0, 0.1) is 0 Å². The lowest BCUT2D eigenvalue weighted by Gasteiger charge is -2.12. The Kier molecular flexibility index (Phi) is 6.46. The third-order valence-electron chi connectivity index (χ3n) is 3.17. The summed E-state index contributed by atoms with van der Waals surface area (Å²) < 4.78 is 30.8. The van der Waals surface area contributed by atoms with E-state index in [0.717, 1.165) is 4.31 Å². The zero-order chi connectivity index (χ0) is 19.3. The van der Waals surface area contributed by atoms with Gasteiger partial charge in [-0.3, -0.25) is 9.78 Å². The van der Waals surface area contributed by atoms with E-state index < -0.39 is 28.5 Å². The summed E-state index contributed by atoms with van der Waals surface area (Å²) in [5.74, 6) is -1.29. The molecule has 0 bridgehead atoms. The van der Waals surface area contributed by atoms with Crippen LogP contribution >= 0.6 is 15.9 Å². The molecule has 0 unspecified atom stereocenters. The maximum absolute atomic E-state index is 12.1. The molecule has 0 saturated heterocycles. The van der Waals surface area contributed by atoms with E-state index in [1.165, 1.54) is 56.8 Å². The van der Waals surface area contributed by atoms with Crippen LogP contribution in [0.15, 0.2) is 52.1 Å². The maximum atomic E-state index is 12.1. The number of esters is 1. The van der Waals surface area contributed by atoms with Crippen LogP contribution in [0.25, 0.3) is 0 Å². The number of amides is 1. The Morgan fingerprint density at radius 3 is 2.62 bits per heavy atom. The van der Waals surface area contributed by atoms with Gasteiger partial charge in [0.05, 0.1) is 10.5 Å². The Morgan fingerprint density at radius 1 is 1.23 bits per heavy atom. The molecule has 2 aromatic rings. The monoisotopic (exact) mass is 441 g/mol. The van der Waals surface area contributed by atoms with Crippen molar-refractivity contribution in [3.8, 4) is 0 Å². The first-order valence-electron chi connectivity index (χ1n) is 7.30. The molecule has 0 saturated carbocycles. The molecule has 1 aromatic heterocycles. The fourth-order valence-corrected chi connectivity index (χ4v) is 3.19. The lowest BCUT2D eigenvalue weighted by atomic mass is 10.3. The number of nitrogens with zero attached hydrogens (tertiary/aromatic N) is 2. The lowest BCUT2D eigenvalue weighted by molar-refractivity contribution is -0.119. The number of hydrogen-bond acceptors (Lipinski definition) is 6. The summed E-state index contributed by atoms with van der Waals surface area (Å²) in [6.45, 7) is -0.518. The molecule has 0 radical (unpaired) electrons. The molecule has 10 heteroatoms. The molecule has 138 valence electrons. The molecule has 8 nitrogen and oxygen atoms in total. The molecular weight excluding hydrogens is 426 g/mol. The van der Waals surface area contributed by atoms with Crippen molar-refractivity contribution < 1.29 is 22.7 Å². The van der Waals surface area contributed by atoms with Gasteiger partial charge in [-0.15, -0.1) is 0 Å². The summed E-state index contributed by atoms with van der Waals surface area (Å²) in [6.07, 6.45) is 2.83. The Balaban J connectivity index is 1.99. The van der Waals surface area contributed by atoms with Gasteiger partial charge in [0.25, 0.3) is 5.91 Å². The number of anilines is 1. The van der Waals surface area contributed by atoms with Crippen LogP contribution in [-0.4, -0.2) is 50.3 Å². The summed E-state index contributed by atoms with van der Waals surface area (Å²) >= 11 is 3.19. The summed E-state index contributed by atoms with van der Waals surface area (Å²) in [5.41, 5.74) is 0.476. The number of ether oxygens (including phenoxy) is 1. The zero-order valence-electron chi connectivity index (χ0n) is 14.0. The Hall–Kier alpha value is -2.30. The van der Waals surface area contributed by atoms with Crippen molar-refractivity contribution in [2.24, 2.45) is 0 Å². The van der Waals surface area contributed by atoms with Crippen LogP contribution in [-0.2, 0) is 19.6 Å². The highest BCUT2D eigenvalue weighted by Crippen LogP contribution is 2.18. The Morgan fingerprint density at radius 2 is 1.96 bits per heavy atom. The predicted molar refractivity (Wildman–Crippen MR) is 98.2 cm³/mol. The minimum absolute atomic E-state index is 0.0394. The molecule has 0 aliphatic heterocycles. The fourth-order valence-electron chi connectivity index (χ4n) is 1.88. The normalized spacial score (nSPS) is 11.2. The van der Waals surface area contributed by atoms with E-state index in [0.29, 0.717) is 4.47 Å². The first-order valence-corrected chi connectivity index (χ1v) is 9.53. The van der Waals surface area contributed by atoms with Crippen molar-refractivity contribution in [2.75, 3.05) is 26.0 Å². The number of aromatic nitrogens is 1. The van der Waals surface area contributed by atoms with Crippen LogP contribution in [0.5, 0.6) is 0 Å². The van der Waals surface area contributed by atoms with E-state index in [-0.39, 0.29) is 16.1 Å². The van der Waals surface area contributed by atoms with Crippen molar-refractivity contribution in [3.05, 3.63) is 52.8 Å². The summed E-state index contributed by atoms with van der Waals surface area (Å²) in [4.78, 5) is 27.7. The van der Waals surface area contributed by atoms with Gasteiger partial charge in [0.15, 0.2) is 6.61 Å². The molecule has 1 heterocycles. The Labute approximate surface area is 159 Å². The highest BCUT2D eigenvalue weighted by atomic mass is 79.9. The van der Waals surface area contributed by atoms with E-state index in [2.05, 4.69) is 26.2 Å². The fraction of sp³-hybridized carbons (Fsp3) is 0.188. The number of carbonyl (C=O) groups is 2. The van der Waals surface area contributed by atoms with Crippen LogP contribution in [0.2, 0.25) is 0 Å². The first-order chi connectivity index (χ1) is 12.2. The smallest absolute Gasteiger partial charge is 0.340 e. The van der Waals surface area contributed by atoms with Crippen molar-refractivity contribution in [1.29, 1.82) is 0 Å². The quantitative estimate of drug-likeness (QED) is 0.685. The van der Waals surface area contributed by atoms with Crippen molar-refractivity contribution >= 4 is 43.5 Å². The van der Waals surface area contributed by atoms with Gasteiger partial charge in [-0.1, -0.05) is 6.07 Å². The predicted octanol–water partition coefficient (Wildman–Crippen LogP) is 1.89. The van der Waals surface area contributed by atoms with Gasteiger partial charge in [0.1, 0.15) is 0 Å². The Bertz CT molecular complexity index is 931. The molecule has 1 amide bonds. The number of hydrogen-bond donors (Lipinski definition) is 1. The minimum Gasteiger partial charge on any atom is -0.452 e. The molecule has 2 rings (SSSR count). The molecule has 0 aliphatic rings. The molecule has 1 N–H and O–H groups in total. The third kappa shape index (κ3) is 5.10. The molecule has 0 fully saturated rings. The minimum atomic E-state index is -3.62. The second-order valence-corrected chi connectivity index (χ2v) is 8.40. The van der Waals surface area contributed by atoms with E-state index >= 15 is 0 Å². The standard InChI is InChI=1S/C16H16BrN3O5S/c1-20(2)26(23,24)14-5-3-4-13(7-14)19-15(21)10-25-16(22)11-6-12(17)9-18-8-11/h3-9H,10H2,1-2H3,(H,19,21). The van der Waals surface area contributed by atoms with Gasteiger partial charge in [0.2, 0.25) is 10.0 Å². The highest BCUT2D eigenvalue weighted by Gasteiger charge is 2.18. The van der Waals surface area contributed by atoms with Gasteiger partial charge < -0.3 is 10.1 Å². The highest BCUT2D eigenvalue weighted by molar-refractivity contribution is 9.10. The number of benzene rings is 1. The van der Waals surface area contributed by atoms with E-state index in [4.69, 9.17) is 4.74 Å². The van der Waals surface area contributed by atoms with Gasteiger partial charge >= 0.3 is 5.97 Å². The summed E-state index contributed by atoms with van der Waals surface area (Å²) in [6, 6.07) is 7.30. The van der Waals surface area contributed by atoms with Crippen molar-refractivity contribution in [1.82, 2.24) is 9.29 Å². The number of pyridine rings is 1. The average molecular weight is 442 g/mol.